The lowest BCUT2D eigenvalue weighted by atomic mass is 9.87. The molecule has 0 aliphatic heterocycles. The molecule has 118 valence electrons. The Labute approximate surface area is 126 Å². The zero-order chi connectivity index (χ0) is 15.3. The van der Waals surface area contributed by atoms with E-state index < -0.39 is 10.0 Å². The molecule has 1 saturated carbocycles. The second-order valence-electron chi connectivity index (χ2n) is 5.66. The van der Waals surface area contributed by atoms with E-state index in [1.807, 2.05) is 6.92 Å². The number of nitrogens with zero attached hydrogens (tertiary/aromatic N) is 2. The summed E-state index contributed by atoms with van der Waals surface area (Å²) < 4.78 is 27.5. The Hall–Kier alpha value is -1.21. The van der Waals surface area contributed by atoms with Crippen molar-refractivity contribution in [2.45, 2.75) is 56.9 Å². The molecule has 21 heavy (non-hydrogen) atoms. The maximum absolute atomic E-state index is 12.4. The standard InChI is InChI=1S/C14H24N4O2S/c1-3-8-15-14-16-9-12(10-17-14)21(19,20)18-13-7-5-4-6-11(13)2/h9-11,13,18H,3-8H2,1-2H3,(H,15,16,17). The van der Waals surface area contributed by atoms with Crippen molar-refractivity contribution in [2.24, 2.45) is 5.92 Å². The lowest BCUT2D eigenvalue weighted by Gasteiger charge is -2.29. The SMILES string of the molecule is CCCNc1ncc(S(=O)(=O)NC2CCCCC2C)cn1. The maximum Gasteiger partial charge on any atom is 0.243 e. The fraction of sp³-hybridized carbons (Fsp3) is 0.714. The lowest BCUT2D eigenvalue weighted by Crippen LogP contribution is -2.41. The normalized spacial score (nSPS) is 23.0. The molecule has 1 aliphatic rings. The quantitative estimate of drug-likeness (QED) is 0.841. The summed E-state index contributed by atoms with van der Waals surface area (Å²) in [5.41, 5.74) is 0. The average molecular weight is 312 g/mol. The van der Waals surface area contributed by atoms with Crippen LogP contribution in [-0.4, -0.2) is 31.0 Å². The van der Waals surface area contributed by atoms with Gasteiger partial charge in [0, 0.05) is 12.6 Å². The van der Waals surface area contributed by atoms with Crippen LogP contribution in [-0.2, 0) is 10.0 Å². The first-order chi connectivity index (χ1) is 10.0. The van der Waals surface area contributed by atoms with Gasteiger partial charge in [0.1, 0.15) is 4.90 Å². The molecule has 0 spiro atoms. The first kappa shape index (κ1) is 16.2. The molecule has 7 heteroatoms. The molecule has 0 aromatic carbocycles. The van der Waals surface area contributed by atoms with Crippen molar-refractivity contribution in [1.82, 2.24) is 14.7 Å². The minimum Gasteiger partial charge on any atom is -0.354 e. The van der Waals surface area contributed by atoms with Gasteiger partial charge in [0.15, 0.2) is 0 Å². The van der Waals surface area contributed by atoms with Gasteiger partial charge in [-0.15, -0.1) is 0 Å². The van der Waals surface area contributed by atoms with E-state index in [4.69, 9.17) is 0 Å². The van der Waals surface area contributed by atoms with Gasteiger partial charge in [-0.3, -0.25) is 0 Å². The highest BCUT2D eigenvalue weighted by Gasteiger charge is 2.27. The van der Waals surface area contributed by atoms with E-state index >= 15 is 0 Å². The lowest BCUT2D eigenvalue weighted by molar-refractivity contribution is 0.310. The third kappa shape index (κ3) is 4.38. The molecule has 2 rings (SSSR count). The summed E-state index contributed by atoms with van der Waals surface area (Å²) in [7, 11) is -3.53. The highest BCUT2D eigenvalue weighted by molar-refractivity contribution is 7.89. The molecule has 0 saturated heterocycles. The topological polar surface area (TPSA) is 84.0 Å². The summed E-state index contributed by atoms with van der Waals surface area (Å²) >= 11 is 0. The van der Waals surface area contributed by atoms with Crippen LogP contribution in [0.1, 0.15) is 46.0 Å². The van der Waals surface area contributed by atoms with Gasteiger partial charge in [0.25, 0.3) is 0 Å². The van der Waals surface area contributed by atoms with Crippen molar-refractivity contribution < 1.29 is 8.42 Å². The third-order valence-electron chi connectivity index (χ3n) is 3.89. The number of aromatic nitrogens is 2. The van der Waals surface area contributed by atoms with Crippen molar-refractivity contribution in [2.75, 3.05) is 11.9 Å². The second kappa shape index (κ2) is 7.17. The molecule has 0 amide bonds. The van der Waals surface area contributed by atoms with E-state index in [2.05, 4.69) is 26.9 Å². The van der Waals surface area contributed by atoms with Gasteiger partial charge in [-0.05, 0) is 25.2 Å². The fourth-order valence-corrected chi connectivity index (χ4v) is 3.81. The van der Waals surface area contributed by atoms with Crippen LogP contribution in [0.4, 0.5) is 5.95 Å². The Morgan fingerprint density at radius 2 is 1.90 bits per heavy atom. The molecule has 1 fully saturated rings. The average Bonchev–Trinajstić information content (AvgIpc) is 2.48. The van der Waals surface area contributed by atoms with E-state index in [1.54, 1.807) is 0 Å². The van der Waals surface area contributed by atoms with Gasteiger partial charge in [-0.25, -0.2) is 23.1 Å². The van der Waals surface area contributed by atoms with Crippen LogP contribution in [0.2, 0.25) is 0 Å². The second-order valence-corrected chi connectivity index (χ2v) is 7.37. The fourth-order valence-electron chi connectivity index (χ4n) is 2.54. The minimum atomic E-state index is -3.53. The summed E-state index contributed by atoms with van der Waals surface area (Å²) in [6.07, 6.45) is 7.92. The molecule has 1 aliphatic carbocycles. The van der Waals surface area contributed by atoms with Gasteiger partial charge in [-0.2, -0.15) is 0 Å². The van der Waals surface area contributed by atoms with E-state index in [9.17, 15) is 8.42 Å². The van der Waals surface area contributed by atoms with Crippen LogP contribution in [0.25, 0.3) is 0 Å². The summed E-state index contributed by atoms with van der Waals surface area (Å²) in [5, 5.41) is 3.02. The number of sulfonamides is 1. The number of hydrogen-bond donors (Lipinski definition) is 2. The Balaban J connectivity index is 2.04. The zero-order valence-corrected chi connectivity index (χ0v) is 13.5. The highest BCUT2D eigenvalue weighted by atomic mass is 32.2. The summed E-state index contributed by atoms with van der Waals surface area (Å²) in [5.74, 6) is 0.835. The van der Waals surface area contributed by atoms with Crippen LogP contribution >= 0.6 is 0 Å². The first-order valence-corrected chi connectivity index (χ1v) is 9.09. The minimum absolute atomic E-state index is 0.0154. The molecule has 2 unspecified atom stereocenters. The smallest absolute Gasteiger partial charge is 0.243 e. The number of nitrogens with one attached hydrogen (secondary N) is 2. The van der Waals surface area contributed by atoms with Crippen molar-refractivity contribution in [3.8, 4) is 0 Å². The third-order valence-corrected chi connectivity index (χ3v) is 5.33. The monoisotopic (exact) mass is 312 g/mol. The van der Waals surface area contributed by atoms with Gasteiger partial charge in [0.2, 0.25) is 16.0 Å². The Morgan fingerprint density at radius 3 is 2.52 bits per heavy atom. The maximum atomic E-state index is 12.4. The molecule has 1 heterocycles. The van der Waals surface area contributed by atoms with Crippen LogP contribution in [0.15, 0.2) is 17.3 Å². The van der Waals surface area contributed by atoms with Crippen molar-refractivity contribution >= 4 is 16.0 Å². The molecule has 0 radical (unpaired) electrons. The largest absolute Gasteiger partial charge is 0.354 e. The van der Waals surface area contributed by atoms with Crippen LogP contribution in [0.5, 0.6) is 0 Å². The van der Waals surface area contributed by atoms with E-state index in [1.165, 1.54) is 18.8 Å². The van der Waals surface area contributed by atoms with E-state index in [0.717, 1.165) is 32.2 Å². The van der Waals surface area contributed by atoms with Crippen LogP contribution in [0, 0.1) is 5.92 Å². The van der Waals surface area contributed by atoms with Gasteiger partial charge >= 0.3 is 0 Å². The van der Waals surface area contributed by atoms with Crippen LogP contribution < -0.4 is 10.0 Å². The Bertz CT molecular complexity index is 545. The molecule has 6 nitrogen and oxygen atoms in total. The van der Waals surface area contributed by atoms with Crippen molar-refractivity contribution in [3.05, 3.63) is 12.4 Å². The van der Waals surface area contributed by atoms with E-state index in [0.29, 0.717) is 11.9 Å². The molecule has 1 aromatic heterocycles. The highest BCUT2D eigenvalue weighted by Crippen LogP contribution is 2.25. The Kier molecular flexibility index (Phi) is 5.52. The summed E-state index contributed by atoms with van der Waals surface area (Å²) in [6.45, 7) is 4.91. The van der Waals surface area contributed by atoms with Crippen molar-refractivity contribution in [3.63, 3.8) is 0 Å². The molecular formula is C14H24N4O2S. The molecule has 0 bridgehead atoms. The van der Waals surface area contributed by atoms with Gasteiger partial charge in [0.05, 0.1) is 12.4 Å². The number of hydrogen-bond acceptors (Lipinski definition) is 5. The summed E-state index contributed by atoms with van der Waals surface area (Å²) in [6, 6.07) is 0.0154. The van der Waals surface area contributed by atoms with E-state index in [-0.39, 0.29) is 10.9 Å². The molecule has 2 N–H and O–H groups in total. The van der Waals surface area contributed by atoms with Crippen LogP contribution in [0.3, 0.4) is 0 Å². The predicted octanol–water partition coefficient (Wildman–Crippen LogP) is 2.16. The zero-order valence-electron chi connectivity index (χ0n) is 12.7. The number of rotatable bonds is 6. The molecular weight excluding hydrogens is 288 g/mol. The Morgan fingerprint density at radius 1 is 1.24 bits per heavy atom. The molecule has 2 atom stereocenters. The van der Waals surface area contributed by atoms with Gasteiger partial charge < -0.3 is 5.32 Å². The number of anilines is 1. The van der Waals surface area contributed by atoms with Crippen molar-refractivity contribution in [1.29, 1.82) is 0 Å². The summed E-state index contributed by atoms with van der Waals surface area (Å²) in [4.78, 5) is 8.23. The first-order valence-electron chi connectivity index (χ1n) is 7.61. The van der Waals surface area contributed by atoms with Gasteiger partial charge in [-0.1, -0.05) is 26.7 Å². The molecule has 1 aromatic rings. The predicted molar refractivity (Wildman–Crippen MR) is 82.6 cm³/mol.